The topological polar surface area (TPSA) is 0 Å². The molecule has 0 amide bonds. The van der Waals surface area contributed by atoms with E-state index in [9.17, 15) is 26.3 Å². The zero-order valence-corrected chi connectivity index (χ0v) is 11.8. The van der Waals surface area contributed by atoms with Crippen LogP contribution in [0.4, 0.5) is 26.3 Å². The Balaban J connectivity index is 2.82. The third kappa shape index (κ3) is 3.23. The smallest absolute Gasteiger partial charge is 0.166 e. The Morgan fingerprint density at radius 1 is 0.667 bits per heavy atom. The molecule has 0 bridgehead atoms. The van der Waals surface area contributed by atoms with Gasteiger partial charge in [0, 0.05) is 4.47 Å². The van der Waals surface area contributed by atoms with E-state index in [1.54, 1.807) is 6.07 Å². The molecule has 0 aromatic heterocycles. The van der Waals surface area contributed by atoms with E-state index >= 15 is 0 Å². The van der Waals surface area contributed by atoms with Crippen molar-refractivity contribution in [1.29, 1.82) is 0 Å². The first kappa shape index (κ1) is 15.9. The van der Waals surface area contributed by atoms with Gasteiger partial charge in [-0.25, -0.2) is 0 Å². The fourth-order valence-electron chi connectivity index (χ4n) is 2.00. The lowest BCUT2D eigenvalue weighted by Gasteiger charge is -2.19. The van der Waals surface area contributed by atoms with Crippen LogP contribution in [0.25, 0.3) is 11.1 Å². The highest BCUT2D eigenvalue weighted by molar-refractivity contribution is 9.10. The lowest BCUT2D eigenvalue weighted by molar-refractivity contribution is -0.161. The molecule has 0 atom stereocenters. The van der Waals surface area contributed by atoms with Gasteiger partial charge in [-0.3, -0.25) is 0 Å². The molecule has 0 spiro atoms. The van der Waals surface area contributed by atoms with Crippen molar-refractivity contribution in [3.63, 3.8) is 0 Å². The largest absolute Gasteiger partial charge is 0.417 e. The van der Waals surface area contributed by atoms with Crippen molar-refractivity contribution in [3.05, 3.63) is 58.1 Å². The maximum atomic E-state index is 13.1. The van der Waals surface area contributed by atoms with Gasteiger partial charge in [0.15, 0.2) is 0 Å². The number of rotatable bonds is 1. The van der Waals surface area contributed by atoms with Gasteiger partial charge in [0.05, 0.1) is 11.1 Å². The summed E-state index contributed by atoms with van der Waals surface area (Å²) in [5.41, 5.74) is -3.83. The highest BCUT2D eigenvalue weighted by Gasteiger charge is 2.44. The monoisotopic (exact) mass is 368 g/mol. The number of hydrogen-bond donors (Lipinski definition) is 0. The quantitative estimate of drug-likeness (QED) is 0.529. The zero-order valence-electron chi connectivity index (χ0n) is 10.2. The summed E-state index contributed by atoms with van der Waals surface area (Å²) in [5, 5.41) is 0. The van der Waals surface area contributed by atoms with Gasteiger partial charge >= 0.3 is 12.4 Å². The molecule has 2 rings (SSSR count). The highest BCUT2D eigenvalue weighted by Crippen LogP contribution is 2.46. The molecule has 0 nitrogen and oxygen atoms in total. The van der Waals surface area contributed by atoms with E-state index in [0.29, 0.717) is 6.07 Å². The molecule has 0 aliphatic rings. The van der Waals surface area contributed by atoms with Crippen LogP contribution in [0.3, 0.4) is 0 Å². The van der Waals surface area contributed by atoms with E-state index in [-0.39, 0.29) is 10.0 Å². The van der Waals surface area contributed by atoms with Crippen LogP contribution in [0.5, 0.6) is 0 Å². The molecule has 112 valence electrons. The van der Waals surface area contributed by atoms with Crippen molar-refractivity contribution in [2.75, 3.05) is 0 Å². The number of alkyl halides is 6. The molecule has 2 aromatic carbocycles. The number of hydrogen-bond acceptors (Lipinski definition) is 0. The standard InChI is InChI=1S/C14H7BrF6/c15-11-7-2-1-4-8(11)9-5-3-6-10(13(16,17)18)12(9)14(19,20)21/h1-7H. The minimum absolute atomic E-state index is 0.0518. The van der Waals surface area contributed by atoms with Gasteiger partial charge in [0.25, 0.3) is 0 Å². The molecule has 0 aliphatic carbocycles. The molecule has 2 aromatic rings. The highest BCUT2D eigenvalue weighted by atomic mass is 79.9. The first-order valence-corrected chi connectivity index (χ1v) is 6.44. The second-order valence-electron chi connectivity index (χ2n) is 4.20. The van der Waals surface area contributed by atoms with Crippen LogP contribution in [-0.4, -0.2) is 0 Å². The average Bonchev–Trinajstić information content (AvgIpc) is 2.36. The van der Waals surface area contributed by atoms with Gasteiger partial charge in [0.2, 0.25) is 0 Å². The van der Waals surface area contributed by atoms with Gasteiger partial charge in [-0.05, 0) is 23.3 Å². The van der Waals surface area contributed by atoms with Crippen molar-refractivity contribution in [1.82, 2.24) is 0 Å². The molecule has 7 heteroatoms. The Kier molecular flexibility index (Phi) is 4.06. The Hall–Kier alpha value is -1.50. The summed E-state index contributed by atoms with van der Waals surface area (Å²) < 4.78 is 78.3. The van der Waals surface area contributed by atoms with Gasteiger partial charge in [-0.1, -0.05) is 46.3 Å². The molecular formula is C14H7BrF6. The summed E-state index contributed by atoms with van der Waals surface area (Å²) in [6.07, 6.45) is -10.2. The molecule has 0 radical (unpaired) electrons. The van der Waals surface area contributed by atoms with E-state index in [1.807, 2.05) is 0 Å². The van der Waals surface area contributed by atoms with Crippen LogP contribution in [0, 0.1) is 0 Å². The number of halogens is 7. The predicted molar refractivity (Wildman–Crippen MR) is 69.6 cm³/mol. The van der Waals surface area contributed by atoms with Crippen LogP contribution in [0.15, 0.2) is 46.9 Å². The molecule has 0 N–H and O–H groups in total. The molecule has 0 unspecified atom stereocenters. The molecule has 0 saturated heterocycles. The first-order chi connectivity index (χ1) is 9.62. The third-order valence-electron chi connectivity index (χ3n) is 2.82. The maximum Gasteiger partial charge on any atom is 0.417 e. The zero-order chi connectivity index (χ0) is 15.8. The molecule has 0 fully saturated rings. The molecule has 0 heterocycles. The SMILES string of the molecule is FC(F)(F)c1cccc(-c2ccccc2Br)c1C(F)(F)F. The summed E-state index contributed by atoms with van der Waals surface area (Å²) in [7, 11) is 0. The fourth-order valence-corrected chi connectivity index (χ4v) is 2.50. The summed E-state index contributed by atoms with van der Waals surface area (Å²) in [5.74, 6) is 0. The van der Waals surface area contributed by atoms with Crippen LogP contribution < -0.4 is 0 Å². The first-order valence-electron chi connectivity index (χ1n) is 5.64. The third-order valence-corrected chi connectivity index (χ3v) is 3.51. The van der Waals surface area contributed by atoms with Crippen LogP contribution in [0.1, 0.15) is 11.1 Å². The van der Waals surface area contributed by atoms with Gasteiger partial charge in [-0.2, -0.15) is 26.3 Å². The Morgan fingerprint density at radius 2 is 1.24 bits per heavy atom. The normalized spacial score (nSPS) is 12.5. The minimum Gasteiger partial charge on any atom is -0.166 e. The molecule has 21 heavy (non-hydrogen) atoms. The molecule has 0 aliphatic heterocycles. The molecular weight excluding hydrogens is 362 g/mol. The average molecular weight is 369 g/mol. The van der Waals surface area contributed by atoms with Gasteiger partial charge < -0.3 is 0 Å². The van der Waals surface area contributed by atoms with E-state index in [1.165, 1.54) is 18.2 Å². The minimum atomic E-state index is -5.11. The van der Waals surface area contributed by atoms with Gasteiger partial charge in [-0.15, -0.1) is 0 Å². The van der Waals surface area contributed by atoms with Gasteiger partial charge in [0.1, 0.15) is 0 Å². The predicted octanol–water partition coefficient (Wildman–Crippen LogP) is 6.15. The summed E-state index contributed by atoms with van der Waals surface area (Å²) >= 11 is 3.06. The van der Waals surface area contributed by atoms with Crippen LogP contribution in [0.2, 0.25) is 0 Å². The lowest BCUT2D eigenvalue weighted by atomic mass is 9.94. The fraction of sp³-hybridized carbons (Fsp3) is 0.143. The number of benzene rings is 2. The summed E-state index contributed by atoms with van der Waals surface area (Å²) in [6.45, 7) is 0. The second-order valence-corrected chi connectivity index (χ2v) is 5.06. The second kappa shape index (κ2) is 5.36. The Bertz CT molecular complexity index is 657. The van der Waals surface area contributed by atoms with Crippen molar-refractivity contribution in [2.45, 2.75) is 12.4 Å². The van der Waals surface area contributed by atoms with Crippen molar-refractivity contribution in [2.24, 2.45) is 0 Å². The van der Waals surface area contributed by atoms with Crippen molar-refractivity contribution < 1.29 is 26.3 Å². The Morgan fingerprint density at radius 3 is 1.76 bits per heavy atom. The van der Waals surface area contributed by atoms with E-state index in [2.05, 4.69) is 15.9 Å². The lowest BCUT2D eigenvalue weighted by Crippen LogP contribution is -2.17. The van der Waals surface area contributed by atoms with Crippen molar-refractivity contribution in [3.8, 4) is 11.1 Å². The van der Waals surface area contributed by atoms with Crippen molar-refractivity contribution >= 4 is 15.9 Å². The Labute approximate surface area is 124 Å². The van der Waals surface area contributed by atoms with Crippen LogP contribution in [-0.2, 0) is 12.4 Å². The van der Waals surface area contributed by atoms with E-state index in [4.69, 9.17) is 0 Å². The molecule has 0 saturated carbocycles. The summed E-state index contributed by atoms with van der Waals surface area (Å²) in [4.78, 5) is 0. The maximum absolute atomic E-state index is 13.1. The van der Waals surface area contributed by atoms with E-state index in [0.717, 1.165) is 12.1 Å². The van der Waals surface area contributed by atoms with Crippen LogP contribution >= 0.6 is 15.9 Å². The summed E-state index contributed by atoms with van der Waals surface area (Å²) in [6, 6.07) is 8.24. The van der Waals surface area contributed by atoms with E-state index < -0.39 is 29.0 Å².